The lowest BCUT2D eigenvalue weighted by Gasteiger charge is -2.51. The lowest BCUT2D eigenvalue weighted by atomic mass is 9.68. The molecular weight excluding hydrogens is 422 g/mol. The van der Waals surface area contributed by atoms with Gasteiger partial charge in [-0.15, -0.1) is 0 Å². The molecule has 1 aromatic carbocycles. The molecule has 5 rings (SSSR count). The van der Waals surface area contributed by atoms with Crippen molar-refractivity contribution in [2.45, 2.75) is 100 Å². The van der Waals surface area contributed by atoms with Crippen LogP contribution in [0.1, 0.15) is 89.0 Å². The van der Waals surface area contributed by atoms with Crippen molar-refractivity contribution < 1.29 is 9.90 Å². The van der Waals surface area contributed by atoms with Gasteiger partial charge in [0.05, 0.1) is 11.1 Å². The van der Waals surface area contributed by atoms with E-state index in [1.165, 1.54) is 31.2 Å². The second-order valence-corrected chi connectivity index (χ2v) is 12.2. The van der Waals surface area contributed by atoms with Crippen LogP contribution < -0.4 is 0 Å². The molecule has 1 spiro atoms. The maximum atomic E-state index is 13.8. The third-order valence-electron chi connectivity index (χ3n) is 10.0. The molecule has 4 aliphatic rings. The summed E-state index contributed by atoms with van der Waals surface area (Å²) in [6, 6.07) is 11.2. The number of urea groups is 1. The van der Waals surface area contributed by atoms with Gasteiger partial charge in [0.2, 0.25) is 0 Å². The zero-order valence-corrected chi connectivity index (χ0v) is 21.5. The van der Waals surface area contributed by atoms with Crippen molar-refractivity contribution in [3.05, 3.63) is 35.9 Å². The van der Waals surface area contributed by atoms with Crippen LogP contribution in [-0.4, -0.2) is 70.7 Å². The van der Waals surface area contributed by atoms with E-state index in [0.29, 0.717) is 12.5 Å². The van der Waals surface area contributed by atoms with Gasteiger partial charge >= 0.3 is 6.03 Å². The number of rotatable bonds is 7. The van der Waals surface area contributed by atoms with E-state index in [2.05, 4.69) is 59.1 Å². The Morgan fingerprint density at radius 2 is 1.62 bits per heavy atom. The molecular formula is C29H45N3O2. The van der Waals surface area contributed by atoms with Gasteiger partial charge in [0.25, 0.3) is 0 Å². The smallest absolute Gasteiger partial charge is 0.320 e. The van der Waals surface area contributed by atoms with Gasteiger partial charge in [-0.05, 0) is 83.4 Å². The topological polar surface area (TPSA) is 47.0 Å². The average Bonchev–Trinajstić information content (AvgIpc) is 3.07. The Kier molecular flexibility index (Phi) is 6.71. The molecule has 0 radical (unpaired) electrons. The minimum absolute atomic E-state index is 0.0440. The van der Waals surface area contributed by atoms with Gasteiger partial charge in [-0.3, -0.25) is 4.90 Å². The van der Waals surface area contributed by atoms with Crippen molar-refractivity contribution in [1.29, 1.82) is 0 Å². The summed E-state index contributed by atoms with van der Waals surface area (Å²) in [6.45, 7) is 2.47. The van der Waals surface area contributed by atoms with Crippen LogP contribution in [0.3, 0.4) is 0 Å². The first-order valence-electron chi connectivity index (χ1n) is 13.9. The normalized spacial score (nSPS) is 31.9. The van der Waals surface area contributed by atoms with E-state index in [-0.39, 0.29) is 17.1 Å². The van der Waals surface area contributed by atoms with Crippen molar-refractivity contribution in [2.75, 3.05) is 33.7 Å². The molecule has 1 aromatic rings. The Morgan fingerprint density at radius 1 is 0.941 bits per heavy atom. The summed E-state index contributed by atoms with van der Waals surface area (Å²) in [6.07, 6.45) is 14.1. The van der Waals surface area contributed by atoms with Crippen LogP contribution in [0.15, 0.2) is 30.3 Å². The molecule has 3 aliphatic carbocycles. The third-order valence-corrected chi connectivity index (χ3v) is 10.0. The van der Waals surface area contributed by atoms with Gasteiger partial charge in [-0.25, -0.2) is 4.79 Å². The summed E-state index contributed by atoms with van der Waals surface area (Å²) >= 11 is 0. The number of hydrogen-bond donors (Lipinski definition) is 1. The summed E-state index contributed by atoms with van der Waals surface area (Å²) in [5.74, 6) is 0.679. The number of nitrogens with zero attached hydrogens (tertiary/aromatic N) is 3. The van der Waals surface area contributed by atoms with Crippen LogP contribution in [0.4, 0.5) is 4.79 Å². The van der Waals surface area contributed by atoms with E-state index < -0.39 is 5.60 Å². The number of benzene rings is 1. The Bertz CT molecular complexity index is 836. The molecule has 0 unspecified atom stereocenters. The van der Waals surface area contributed by atoms with Crippen LogP contribution in [0, 0.1) is 5.92 Å². The highest BCUT2D eigenvalue weighted by Crippen LogP contribution is 2.49. The summed E-state index contributed by atoms with van der Waals surface area (Å²) < 4.78 is 0. The zero-order valence-electron chi connectivity index (χ0n) is 21.5. The number of aliphatic hydroxyl groups is 1. The molecule has 1 heterocycles. The molecule has 0 atom stereocenters. The number of carbonyl (C=O) groups excluding carboxylic acids is 1. The van der Waals surface area contributed by atoms with Crippen molar-refractivity contribution in [3.8, 4) is 0 Å². The van der Waals surface area contributed by atoms with E-state index >= 15 is 0 Å². The van der Waals surface area contributed by atoms with Gasteiger partial charge in [0, 0.05) is 25.2 Å². The zero-order chi connectivity index (χ0) is 23.8. The van der Waals surface area contributed by atoms with Gasteiger partial charge in [0.15, 0.2) is 0 Å². The van der Waals surface area contributed by atoms with E-state index in [0.717, 1.165) is 70.9 Å². The average molecular weight is 468 g/mol. The van der Waals surface area contributed by atoms with Gasteiger partial charge in [0.1, 0.15) is 0 Å². The second-order valence-electron chi connectivity index (χ2n) is 12.2. The van der Waals surface area contributed by atoms with Gasteiger partial charge < -0.3 is 14.9 Å². The van der Waals surface area contributed by atoms with Crippen LogP contribution in [-0.2, 0) is 5.54 Å². The maximum absolute atomic E-state index is 13.8. The van der Waals surface area contributed by atoms with Crippen molar-refractivity contribution >= 4 is 6.03 Å². The van der Waals surface area contributed by atoms with Crippen molar-refractivity contribution in [3.63, 3.8) is 0 Å². The van der Waals surface area contributed by atoms with Crippen LogP contribution in [0.5, 0.6) is 0 Å². The van der Waals surface area contributed by atoms with Gasteiger partial charge in [-0.2, -0.15) is 0 Å². The molecule has 5 nitrogen and oxygen atoms in total. The predicted molar refractivity (Wildman–Crippen MR) is 137 cm³/mol. The fraction of sp³-hybridized carbons (Fsp3) is 0.759. The lowest BCUT2D eigenvalue weighted by molar-refractivity contribution is -0.00925. The Balaban J connectivity index is 1.34. The highest BCUT2D eigenvalue weighted by molar-refractivity contribution is 5.78. The minimum Gasteiger partial charge on any atom is -0.390 e. The van der Waals surface area contributed by atoms with Crippen molar-refractivity contribution in [1.82, 2.24) is 14.7 Å². The summed E-state index contributed by atoms with van der Waals surface area (Å²) in [7, 11) is 4.43. The summed E-state index contributed by atoms with van der Waals surface area (Å²) in [5, 5.41) is 11.1. The summed E-state index contributed by atoms with van der Waals surface area (Å²) in [5.41, 5.74) is 0.840. The fourth-order valence-corrected chi connectivity index (χ4v) is 7.36. The van der Waals surface area contributed by atoms with Crippen LogP contribution >= 0.6 is 0 Å². The molecule has 0 aromatic heterocycles. The van der Waals surface area contributed by atoms with Crippen LogP contribution in [0.25, 0.3) is 0 Å². The molecule has 34 heavy (non-hydrogen) atoms. The lowest BCUT2D eigenvalue weighted by Crippen LogP contribution is -2.56. The van der Waals surface area contributed by atoms with Crippen molar-refractivity contribution in [2.24, 2.45) is 5.92 Å². The molecule has 5 heteroatoms. The molecule has 0 bridgehead atoms. The Morgan fingerprint density at radius 3 is 2.21 bits per heavy atom. The molecule has 3 saturated carbocycles. The molecule has 1 aliphatic heterocycles. The maximum Gasteiger partial charge on any atom is 0.320 e. The van der Waals surface area contributed by atoms with E-state index in [1.54, 1.807) is 0 Å². The van der Waals surface area contributed by atoms with Gasteiger partial charge in [-0.1, -0.05) is 56.0 Å². The largest absolute Gasteiger partial charge is 0.390 e. The highest BCUT2D eigenvalue weighted by atomic mass is 16.3. The molecule has 1 N–H and O–H groups in total. The Labute approximate surface area is 206 Å². The van der Waals surface area contributed by atoms with E-state index in [9.17, 15) is 9.90 Å². The predicted octanol–water partition coefficient (Wildman–Crippen LogP) is 5.38. The molecule has 4 fully saturated rings. The van der Waals surface area contributed by atoms with E-state index in [4.69, 9.17) is 0 Å². The monoisotopic (exact) mass is 467 g/mol. The molecule has 1 saturated heterocycles. The minimum atomic E-state index is -0.562. The highest BCUT2D eigenvalue weighted by Gasteiger charge is 2.55. The first-order chi connectivity index (χ1) is 16.4. The first-order valence-corrected chi connectivity index (χ1v) is 13.9. The third kappa shape index (κ3) is 4.39. The molecule has 2 amide bonds. The number of hydrogen-bond acceptors (Lipinski definition) is 3. The number of amides is 2. The first kappa shape index (κ1) is 24.1. The fourth-order valence-electron chi connectivity index (χ4n) is 7.36. The SMILES string of the molecule is CN(C)[C@]1(c2ccccc2)CC[C@]2(CC1)CN(CCC1(O)CCCCC1)C(=O)N2CC1CCC1. The number of carbonyl (C=O) groups is 1. The standard InChI is InChI=1S/C29H45N3O2/c1-30(2)29(25-12-5-3-6-13-25)18-16-27(17-19-29)23-31(21-20-28(34)14-7-4-8-15-28)26(33)32(27)22-24-10-9-11-24/h3,5-6,12-13,24,34H,4,7-11,14-23H2,1-2H3/t27-,29+. The van der Waals surface area contributed by atoms with Crippen LogP contribution in [0.2, 0.25) is 0 Å². The molecule has 188 valence electrons. The Hall–Kier alpha value is -1.59. The summed E-state index contributed by atoms with van der Waals surface area (Å²) in [4.78, 5) is 20.6. The second kappa shape index (κ2) is 9.46. The van der Waals surface area contributed by atoms with E-state index in [1.807, 2.05) is 0 Å². The quantitative estimate of drug-likeness (QED) is 0.586.